The normalized spacial score (nSPS) is 92.0. The van der Waals surface area contributed by atoms with Gasteiger partial charge in [-0.1, -0.05) is 27.7 Å². The first-order valence-electron chi connectivity index (χ1n) is 9.91. The molecular formula is C21H28. The molecule has 8 saturated carbocycles. The van der Waals surface area contributed by atoms with Crippen molar-refractivity contribution in [1.29, 1.82) is 0 Å². The van der Waals surface area contributed by atoms with Crippen molar-refractivity contribution in [3.63, 3.8) is 0 Å². The van der Waals surface area contributed by atoms with Gasteiger partial charge in [-0.3, -0.25) is 0 Å². The van der Waals surface area contributed by atoms with E-state index in [0.29, 0.717) is 0 Å². The van der Waals surface area contributed by atoms with Crippen LogP contribution in [0.3, 0.4) is 0 Å². The molecule has 10 atom stereocenters. The van der Waals surface area contributed by atoms with Gasteiger partial charge in [0, 0.05) is 0 Å². The fourth-order valence-electron chi connectivity index (χ4n) is 13.3. The molecule has 0 radical (unpaired) electrons. The lowest BCUT2D eigenvalue weighted by atomic mass is 8.94. The quantitative estimate of drug-likeness (QED) is 0.608. The zero-order valence-electron chi connectivity index (χ0n) is 13.9. The van der Waals surface area contributed by atoms with Crippen molar-refractivity contribution in [2.45, 2.75) is 53.4 Å². The Labute approximate surface area is 128 Å². The van der Waals surface area contributed by atoms with E-state index in [4.69, 9.17) is 0 Å². The summed E-state index contributed by atoms with van der Waals surface area (Å²) in [6.45, 7) is 11.1. The Morgan fingerprint density at radius 1 is 0.571 bits per heavy atom. The summed E-state index contributed by atoms with van der Waals surface area (Å²) >= 11 is 0. The van der Waals surface area contributed by atoms with Crippen LogP contribution < -0.4 is 0 Å². The summed E-state index contributed by atoms with van der Waals surface area (Å²) < 4.78 is 0. The lowest BCUT2D eigenvalue weighted by Crippen LogP contribution is -3.06. The van der Waals surface area contributed by atoms with Gasteiger partial charge in [0.1, 0.15) is 0 Å². The van der Waals surface area contributed by atoms with Crippen LogP contribution >= 0.6 is 0 Å². The van der Waals surface area contributed by atoms with Crippen molar-refractivity contribution in [3.8, 4) is 0 Å². The molecule has 1 spiro atoms. The van der Waals surface area contributed by atoms with Crippen molar-refractivity contribution in [2.75, 3.05) is 0 Å². The zero-order valence-corrected chi connectivity index (χ0v) is 13.9. The van der Waals surface area contributed by atoms with Gasteiger partial charge in [0.25, 0.3) is 0 Å². The van der Waals surface area contributed by atoms with Gasteiger partial charge >= 0.3 is 0 Å². The van der Waals surface area contributed by atoms with Crippen molar-refractivity contribution < 1.29 is 0 Å². The highest BCUT2D eigenvalue weighted by Crippen LogP contribution is 3.10. The van der Waals surface area contributed by atoms with Crippen LogP contribution in [0.15, 0.2) is 0 Å². The molecule has 0 heterocycles. The molecule has 0 amide bonds. The van der Waals surface area contributed by atoms with E-state index in [1.165, 1.54) is 29.6 Å². The average molecular weight is 280 g/mol. The highest BCUT2D eigenvalue weighted by atomic mass is 15.1. The standard InChI is InChI=1S/C21H28/c1-17-9-5-11-6-10-8-13-15-16-14(12(17)7-9)19(17,3)21(11,16)20(15,4)18(10,13)2/h9-16H,5-8H2,1-4H3. The molecular weight excluding hydrogens is 252 g/mol. The molecule has 21 heavy (non-hydrogen) atoms. The topological polar surface area (TPSA) is 0 Å². The third kappa shape index (κ3) is 0.482. The summed E-state index contributed by atoms with van der Waals surface area (Å²) in [7, 11) is 0. The molecule has 0 aliphatic heterocycles. The molecule has 0 aromatic rings. The summed E-state index contributed by atoms with van der Waals surface area (Å²) in [5.41, 5.74) is 3.97. The van der Waals surface area contributed by atoms with Crippen LogP contribution in [0, 0.1) is 74.4 Å². The maximum atomic E-state index is 2.81. The minimum absolute atomic E-state index is 0.779. The van der Waals surface area contributed by atoms with Crippen molar-refractivity contribution >= 4 is 0 Å². The first kappa shape index (κ1) is 10.7. The SMILES string of the molecule is CC12C3CC1C1C4C5C6CC7CC(C3)C4(C12C)C5(C)C76C. The largest absolute Gasteiger partial charge is 0.0585 e. The molecule has 8 aliphatic rings. The Kier molecular flexibility index (Phi) is 1.10. The third-order valence-corrected chi connectivity index (χ3v) is 13.6. The smallest absolute Gasteiger partial charge is 0.0111 e. The molecule has 0 nitrogen and oxygen atoms in total. The van der Waals surface area contributed by atoms with Crippen LogP contribution in [0.25, 0.3) is 0 Å². The van der Waals surface area contributed by atoms with Gasteiger partial charge in [-0.25, -0.2) is 0 Å². The molecule has 8 rings (SSSR count). The third-order valence-electron chi connectivity index (χ3n) is 13.6. The molecule has 10 unspecified atom stereocenters. The van der Waals surface area contributed by atoms with Crippen molar-refractivity contribution in [2.24, 2.45) is 74.4 Å². The summed E-state index contributed by atoms with van der Waals surface area (Å²) in [6.07, 6.45) is 6.56. The lowest BCUT2D eigenvalue weighted by Gasteiger charge is -3.10. The molecule has 0 aromatic heterocycles. The summed E-state index contributed by atoms with van der Waals surface area (Å²) in [5, 5.41) is 0. The van der Waals surface area contributed by atoms with Crippen LogP contribution in [0.2, 0.25) is 0 Å². The van der Waals surface area contributed by atoms with Gasteiger partial charge in [0.05, 0.1) is 0 Å². The minimum atomic E-state index is 0.779. The Hall–Kier alpha value is 0. The van der Waals surface area contributed by atoms with E-state index in [2.05, 4.69) is 27.7 Å². The fraction of sp³-hybridized carbons (Fsp3) is 1.00. The van der Waals surface area contributed by atoms with Crippen LogP contribution in [-0.4, -0.2) is 0 Å². The van der Waals surface area contributed by atoms with Crippen molar-refractivity contribution in [1.82, 2.24) is 0 Å². The van der Waals surface area contributed by atoms with E-state index in [1.54, 1.807) is 25.7 Å². The first-order valence-corrected chi connectivity index (χ1v) is 9.91. The molecule has 112 valence electrons. The van der Waals surface area contributed by atoms with Crippen LogP contribution in [0.1, 0.15) is 53.4 Å². The van der Waals surface area contributed by atoms with Gasteiger partial charge in [0.15, 0.2) is 0 Å². The number of hydrogen-bond donors (Lipinski definition) is 0. The average Bonchev–Trinajstić information content (AvgIpc) is 2.39. The van der Waals surface area contributed by atoms with Crippen molar-refractivity contribution in [3.05, 3.63) is 0 Å². The van der Waals surface area contributed by atoms with Crippen LogP contribution in [0.5, 0.6) is 0 Å². The van der Waals surface area contributed by atoms with E-state index in [-0.39, 0.29) is 0 Å². The van der Waals surface area contributed by atoms with Gasteiger partial charge in [-0.2, -0.15) is 0 Å². The van der Waals surface area contributed by atoms with Crippen LogP contribution in [-0.2, 0) is 0 Å². The maximum Gasteiger partial charge on any atom is -0.0111 e. The molecule has 0 saturated heterocycles. The van der Waals surface area contributed by atoms with Gasteiger partial charge in [-0.05, 0) is 100 Å². The second-order valence-electron chi connectivity index (χ2n) is 11.7. The monoisotopic (exact) mass is 280 g/mol. The number of fused-ring (bicyclic) bond motifs is 4. The molecule has 0 aromatic carbocycles. The predicted octanol–water partition coefficient (Wildman–Crippen LogP) is 4.60. The molecule has 8 fully saturated rings. The summed E-state index contributed by atoms with van der Waals surface area (Å²) in [4.78, 5) is 0. The Bertz CT molecular complexity index is 610. The van der Waals surface area contributed by atoms with Gasteiger partial charge < -0.3 is 0 Å². The lowest BCUT2D eigenvalue weighted by molar-refractivity contribution is -0.633. The summed E-state index contributed by atoms with van der Waals surface area (Å²) in [6, 6.07) is 0. The van der Waals surface area contributed by atoms with Gasteiger partial charge in [0.2, 0.25) is 0 Å². The Balaban J connectivity index is 1.46. The van der Waals surface area contributed by atoms with E-state index < -0.39 is 0 Å². The first-order chi connectivity index (χ1) is 9.91. The van der Waals surface area contributed by atoms with Gasteiger partial charge in [-0.15, -0.1) is 0 Å². The second kappa shape index (κ2) is 2.15. The van der Waals surface area contributed by atoms with Crippen LogP contribution in [0.4, 0.5) is 0 Å². The van der Waals surface area contributed by atoms with E-state index in [1.807, 2.05) is 0 Å². The van der Waals surface area contributed by atoms with E-state index in [9.17, 15) is 0 Å². The Morgan fingerprint density at radius 2 is 1.05 bits per heavy atom. The number of hydrogen-bond acceptors (Lipinski definition) is 0. The second-order valence-corrected chi connectivity index (χ2v) is 11.7. The highest BCUT2D eigenvalue weighted by Gasteiger charge is 3.06. The number of rotatable bonds is 0. The van der Waals surface area contributed by atoms with E-state index >= 15 is 0 Å². The Morgan fingerprint density at radius 3 is 1.52 bits per heavy atom. The molecule has 0 bridgehead atoms. The highest BCUT2D eigenvalue weighted by molar-refractivity contribution is 5.53. The fourth-order valence-corrected chi connectivity index (χ4v) is 13.3. The van der Waals surface area contributed by atoms with E-state index in [0.717, 1.165) is 44.8 Å². The zero-order chi connectivity index (χ0) is 13.9. The molecule has 8 aliphatic carbocycles. The maximum absolute atomic E-state index is 2.81. The molecule has 0 heteroatoms. The predicted molar refractivity (Wildman–Crippen MR) is 81.2 cm³/mol. The summed E-state index contributed by atoms with van der Waals surface area (Å²) in [5.74, 6) is 9.30. The molecule has 0 N–H and O–H groups in total. The minimum Gasteiger partial charge on any atom is -0.0585 e.